The van der Waals surface area contributed by atoms with E-state index in [4.69, 9.17) is 14.2 Å². The van der Waals surface area contributed by atoms with Gasteiger partial charge < -0.3 is 14.2 Å². The van der Waals surface area contributed by atoms with Crippen LogP contribution in [0.2, 0.25) is 0 Å². The van der Waals surface area contributed by atoms with Gasteiger partial charge >= 0.3 is 0 Å². The van der Waals surface area contributed by atoms with Crippen LogP contribution in [0.1, 0.15) is 20.3 Å². The van der Waals surface area contributed by atoms with Gasteiger partial charge in [0.05, 0.1) is 19.8 Å². The first-order valence-corrected chi connectivity index (χ1v) is 5.97. The van der Waals surface area contributed by atoms with Crippen molar-refractivity contribution < 1.29 is 14.2 Å². The van der Waals surface area contributed by atoms with Crippen molar-refractivity contribution in [3.05, 3.63) is 24.3 Å². The highest BCUT2D eigenvalue weighted by atomic mass is 16.5. The molecule has 1 unspecified atom stereocenters. The quantitative estimate of drug-likeness (QED) is 0.804. The van der Waals surface area contributed by atoms with Crippen molar-refractivity contribution in [1.82, 2.24) is 0 Å². The van der Waals surface area contributed by atoms with Gasteiger partial charge in [0.15, 0.2) is 0 Å². The van der Waals surface area contributed by atoms with Gasteiger partial charge in [-0.3, -0.25) is 0 Å². The van der Waals surface area contributed by atoms with Crippen LogP contribution in [-0.4, -0.2) is 26.4 Å². The number of benzene rings is 1. The van der Waals surface area contributed by atoms with E-state index in [1.807, 2.05) is 24.3 Å². The molecule has 1 atom stereocenters. The average molecular weight is 236 g/mol. The lowest BCUT2D eigenvalue weighted by molar-refractivity contribution is 0.0626. The lowest BCUT2D eigenvalue weighted by Gasteiger charge is -2.14. The van der Waals surface area contributed by atoms with Gasteiger partial charge in [-0.05, 0) is 36.1 Å². The second-order valence-corrected chi connectivity index (χ2v) is 5.29. The van der Waals surface area contributed by atoms with Crippen LogP contribution < -0.4 is 9.47 Å². The highest BCUT2D eigenvalue weighted by molar-refractivity contribution is 5.31. The van der Waals surface area contributed by atoms with E-state index in [9.17, 15) is 0 Å². The lowest BCUT2D eigenvalue weighted by Crippen LogP contribution is -2.17. The molecule has 17 heavy (non-hydrogen) atoms. The monoisotopic (exact) mass is 236 g/mol. The molecule has 0 bridgehead atoms. The maximum atomic E-state index is 5.70. The van der Waals surface area contributed by atoms with E-state index >= 15 is 0 Å². The fourth-order valence-corrected chi connectivity index (χ4v) is 2.05. The summed E-state index contributed by atoms with van der Waals surface area (Å²) in [6, 6.07) is 7.63. The second-order valence-electron chi connectivity index (χ2n) is 5.29. The number of hydrogen-bond acceptors (Lipinski definition) is 3. The molecule has 0 amide bonds. The Balaban J connectivity index is 1.82. The van der Waals surface area contributed by atoms with Crippen molar-refractivity contribution in [1.29, 1.82) is 0 Å². The molecule has 1 heterocycles. The van der Waals surface area contributed by atoms with Crippen LogP contribution in [0.5, 0.6) is 11.5 Å². The zero-order valence-corrected chi connectivity index (χ0v) is 10.7. The topological polar surface area (TPSA) is 27.7 Å². The standard InChI is InChI=1S/C14H20O3/c1-14(2)8-13(17-10-14)9-16-12-6-4-11(15-3)5-7-12/h4-7,13H,8-10H2,1-3H3. The molecule has 1 aliphatic heterocycles. The Kier molecular flexibility index (Phi) is 3.57. The van der Waals surface area contributed by atoms with E-state index in [1.54, 1.807) is 7.11 Å². The summed E-state index contributed by atoms with van der Waals surface area (Å²) in [5, 5.41) is 0. The normalized spacial score (nSPS) is 22.4. The van der Waals surface area contributed by atoms with Gasteiger partial charge in [0.25, 0.3) is 0 Å². The first-order chi connectivity index (χ1) is 8.09. The molecular weight excluding hydrogens is 216 g/mol. The highest BCUT2D eigenvalue weighted by Gasteiger charge is 2.32. The molecule has 1 aromatic carbocycles. The summed E-state index contributed by atoms with van der Waals surface area (Å²) in [5.74, 6) is 1.70. The van der Waals surface area contributed by atoms with Crippen LogP contribution in [0, 0.1) is 5.41 Å². The third kappa shape index (κ3) is 3.37. The van der Waals surface area contributed by atoms with Crippen LogP contribution in [0.4, 0.5) is 0 Å². The lowest BCUT2D eigenvalue weighted by atomic mass is 9.91. The molecule has 0 spiro atoms. The van der Waals surface area contributed by atoms with E-state index in [1.165, 1.54) is 0 Å². The van der Waals surface area contributed by atoms with E-state index in [0.717, 1.165) is 24.5 Å². The molecule has 94 valence electrons. The van der Waals surface area contributed by atoms with E-state index in [-0.39, 0.29) is 11.5 Å². The fraction of sp³-hybridized carbons (Fsp3) is 0.571. The van der Waals surface area contributed by atoms with Gasteiger partial charge in [0, 0.05) is 0 Å². The maximum Gasteiger partial charge on any atom is 0.119 e. The van der Waals surface area contributed by atoms with Gasteiger partial charge in [-0.25, -0.2) is 0 Å². The zero-order chi connectivity index (χ0) is 12.3. The first-order valence-electron chi connectivity index (χ1n) is 5.97. The Hall–Kier alpha value is -1.22. The molecule has 0 N–H and O–H groups in total. The summed E-state index contributed by atoms with van der Waals surface area (Å²) in [6.07, 6.45) is 1.27. The summed E-state index contributed by atoms with van der Waals surface area (Å²) in [7, 11) is 1.66. The van der Waals surface area contributed by atoms with Crippen LogP contribution in [0.25, 0.3) is 0 Å². The minimum atomic E-state index is 0.215. The summed E-state index contributed by atoms with van der Waals surface area (Å²) in [6.45, 7) is 5.89. The molecular formula is C14H20O3. The van der Waals surface area contributed by atoms with Crippen LogP contribution >= 0.6 is 0 Å². The van der Waals surface area contributed by atoms with E-state index in [0.29, 0.717) is 6.61 Å². The SMILES string of the molecule is COc1ccc(OCC2CC(C)(C)CO2)cc1. The van der Waals surface area contributed by atoms with Gasteiger partial charge in [-0.1, -0.05) is 13.8 Å². The largest absolute Gasteiger partial charge is 0.497 e. The maximum absolute atomic E-state index is 5.70. The first kappa shape index (κ1) is 12.2. The molecule has 1 aromatic rings. The molecule has 1 saturated heterocycles. The summed E-state index contributed by atoms with van der Waals surface area (Å²) in [5.41, 5.74) is 0.286. The smallest absolute Gasteiger partial charge is 0.119 e. The second kappa shape index (κ2) is 4.96. The predicted molar refractivity (Wildman–Crippen MR) is 66.6 cm³/mol. The van der Waals surface area contributed by atoms with Crippen LogP contribution in [-0.2, 0) is 4.74 Å². The number of rotatable bonds is 4. The highest BCUT2D eigenvalue weighted by Crippen LogP contribution is 2.31. The Labute approximate surface area is 103 Å². The Morgan fingerprint density at radius 1 is 1.24 bits per heavy atom. The van der Waals surface area contributed by atoms with Gasteiger partial charge in [0.2, 0.25) is 0 Å². The van der Waals surface area contributed by atoms with E-state index in [2.05, 4.69) is 13.8 Å². The van der Waals surface area contributed by atoms with Gasteiger partial charge in [-0.2, -0.15) is 0 Å². The molecule has 2 rings (SSSR count). The van der Waals surface area contributed by atoms with Crippen molar-refractivity contribution >= 4 is 0 Å². The molecule has 1 fully saturated rings. The Morgan fingerprint density at radius 2 is 1.88 bits per heavy atom. The zero-order valence-electron chi connectivity index (χ0n) is 10.7. The molecule has 0 radical (unpaired) electrons. The van der Waals surface area contributed by atoms with Crippen molar-refractivity contribution in [2.45, 2.75) is 26.4 Å². The number of hydrogen-bond donors (Lipinski definition) is 0. The van der Waals surface area contributed by atoms with Crippen molar-refractivity contribution in [3.8, 4) is 11.5 Å². The summed E-state index contributed by atoms with van der Waals surface area (Å²) in [4.78, 5) is 0. The third-order valence-corrected chi connectivity index (χ3v) is 2.99. The molecule has 0 saturated carbocycles. The molecule has 3 nitrogen and oxygen atoms in total. The summed E-state index contributed by atoms with van der Waals surface area (Å²) >= 11 is 0. The number of ether oxygens (including phenoxy) is 3. The average Bonchev–Trinajstić information content (AvgIpc) is 2.67. The molecule has 0 aliphatic carbocycles. The minimum absolute atomic E-state index is 0.215. The van der Waals surface area contributed by atoms with Gasteiger partial charge in [-0.15, -0.1) is 0 Å². The van der Waals surface area contributed by atoms with E-state index < -0.39 is 0 Å². The number of methoxy groups -OCH3 is 1. The molecule has 3 heteroatoms. The van der Waals surface area contributed by atoms with Crippen LogP contribution in [0.3, 0.4) is 0 Å². The molecule has 1 aliphatic rings. The predicted octanol–water partition coefficient (Wildman–Crippen LogP) is 2.89. The van der Waals surface area contributed by atoms with Crippen LogP contribution in [0.15, 0.2) is 24.3 Å². The molecule has 0 aromatic heterocycles. The Bertz CT molecular complexity index is 356. The van der Waals surface area contributed by atoms with Crippen molar-refractivity contribution in [2.24, 2.45) is 5.41 Å². The Morgan fingerprint density at radius 3 is 2.41 bits per heavy atom. The minimum Gasteiger partial charge on any atom is -0.497 e. The fourth-order valence-electron chi connectivity index (χ4n) is 2.05. The van der Waals surface area contributed by atoms with Crippen molar-refractivity contribution in [2.75, 3.05) is 20.3 Å². The van der Waals surface area contributed by atoms with Gasteiger partial charge in [0.1, 0.15) is 18.1 Å². The van der Waals surface area contributed by atoms with Crippen molar-refractivity contribution in [3.63, 3.8) is 0 Å². The summed E-state index contributed by atoms with van der Waals surface area (Å²) < 4.78 is 16.5. The third-order valence-electron chi connectivity index (χ3n) is 2.99.